The van der Waals surface area contributed by atoms with Gasteiger partial charge in [0.1, 0.15) is 5.69 Å². The number of benzene rings is 1. The largest absolute Gasteiger partial charge is 0.392 e. The van der Waals surface area contributed by atoms with Crippen molar-refractivity contribution < 1.29 is 9.90 Å². The minimum absolute atomic E-state index is 0.182. The molecule has 122 valence electrons. The first-order valence-electron chi connectivity index (χ1n) is 7.67. The zero-order valence-corrected chi connectivity index (χ0v) is 13.3. The molecule has 1 atom stereocenters. The van der Waals surface area contributed by atoms with Gasteiger partial charge in [0.15, 0.2) is 0 Å². The lowest BCUT2D eigenvalue weighted by Gasteiger charge is -2.06. The normalized spacial score (nSPS) is 11.9. The Morgan fingerprint density at radius 3 is 2.71 bits per heavy atom. The van der Waals surface area contributed by atoms with Gasteiger partial charge in [-0.15, -0.1) is 0 Å². The average Bonchev–Trinajstić information content (AvgIpc) is 3.06. The van der Waals surface area contributed by atoms with E-state index in [1.165, 1.54) is 0 Å². The van der Waals surface area contributed by atoms with Gasteiger partial charge in [-0.1, -0.05) is 18.2 Å². The van der Waals surface area contributed by atoms with Gasteiger partial charge >= 0.3 is 0 Å². The number of amides is 1. The van der Waals surface area contributed by atoms with Gasteiger partial charge in [0.05, 0.1) is 17.4 Å². The second-order valence-corrected chi connectivity index (χ2v) is 5.47. The maximum absolute atomic E-state index is 12.5. The standard InChI is InChI=1S/C18H18N4O2/c1-13(23)10-20-18(24)16-12-22(15-7-3-2-4-8-15)21-17(16)14-6-5-9-19-11-14/h2-9,11-13,23H,10H2,1H3,(H,20,24). The summed E-state index contributed by atoms with van der Waals surface area (Å²) in [5.41, 5.74) is 2.61. The average molecular weight is 322 g/mol. The van der Waals surface area contributed by atoms with Crippen LogP contribution in [-0.2, 0) is 0 Å². The molecule has 0 saturated heterocycles. The zero-order valence-electron chi connectivity index (χ0n) is 13.3. The van der Waals surface area contributed by atoms with E-state index in [4.69, 9.17) is 0 Å². The Morgan fingerprint density at radius 1 is 1.25 bits per heavy atom. The quantitative estimate of drug-likeness (QED) is 0.753. The summed E-state index contributed by atoms with van der Waals surface area (Å²) in [4.78, 5) is 16.6. The Bertz CT molecular complexity index is 814. The third-order valence-electron chi connectivity index (χ3n) is 3.47. The Kier molecular flexibility index (Phi) is 4.67. The summed E-state index contributed by atoms with van der Waals surface area (Å²) in [6, 6.07) is 13.2. The van der Waals surface area contributed by atoms with Gasteiger partial charge in [0, 0.05) is 30.7 Å². The van der Waals surface area contributed by atoms with Crippen LogP contribution in [0.25, 0.3) is 16.9 Å². The number of nitrogens with one attached hydrogen (secondary N) is 1. The highest BCUT2D eigenvalue weighted by atomic mass is 16.3. The van der Waals surface area contributed by atoms with Gasteiger partial charge in [-0.3, -0.25) is 9.78 Å². The van der Waals surface area contributed by atoms with Gasteiger partial charge in [-0.2, -0.15) is 5.10 Å². The van der Waals surface area contributed by atoms with Crippen molar-refractivity contribution in [1.82, 2.24) is 20.1 Å². The highest BCUT2D eigenvalue weighted by Crippen LogP contribution is 2.23. The zero-order chi connectivity index (χ0) is 16.9. The summed E-state index contributed by atoms with van der Waals surface area (Å²) in [5.74, 6) is -0.281. The molecular weight excluding hydrogens is 304 g/mol. The molecule has 3 aromatic rings. The number of aliphatic hydroxyl groups is 1. The monoisotopic (exact) mass is 322 g/mol. The predicted molar refractivity (Wildman–Crippen MR) is 90.8 cm³/mol. The van der Waals surface area contributed by atoms with Crippen molar-refractivity contribution in [3.63, 3.8) is 0 Å². The third-order valence-corrected chi connectivity index (χ3v) is 3.47. The van der Waals surface area contributed by atoms with Crippen LogP contribution in [0.15, 0.2) is 61.1 Å². The van der Waals surface area contributed by atoms with Gasteiger partial charge < -0.3 is 10.4 Å². The van der Waals surface area contributed by atoms with Crippen LogP contribution >= 0.6 is 0 Å². The van der Waals surface area contributed by atoms with E-state index >= 15 is 0 Å². The molecule has 0 aliphatic rings. The Labute approximate surface area is 139 Å². The van der Waals surface area contributed by atoms with Gasteiger partial charge in [0.25, 0.3) is 5.91 Å². The van der Waals surface area contributed by atoms with Gasteiger partial charge in [0.2, 0.25) is 0 Å². The van der Waals surface area contributed by atoms with Crippen LogP contribution in [0.3, 0.4) is 0 Å². The fourth-order valence-corrected chi connectivity index (χ4v) is 2.30. The fourth-order valence-electron chi connectivity index (χ4n) is 2.30. The molecule has 24 heavy (non-hydrogen) atoms. The molecule has 6 heteroatoms. The number of rotatable bonds is 5. The first-order chi connectivity index (χ1) is 11.6. The minimum atomic E-state index is -0.611. The van der Waals surface area contributed by atoms with Crippen molar-refractivity contribution in [1.29, 1.82) is 0 Å². The molecular formula is C18H18N4O2. The van der Waals surface area contributed by atoms with Crippen molar-refractivity contribution in [3.05, 3.63) is 66.6 Å². The number of carbonyl (C=O) groups excluding carboxylic acids is 1. The van der Waals surface area contributed by atoms with E-state index in [9.17, 15) is 9.90 Å². The molecule has 0 bridgehead atoms. The van der Waals surface area contributed by atoms with Crippen molar-refractivity contribution in [2.24, 2.45) is 0 Å². The number of pyridine rings is 1. The maximum atomic E-state index is 12.5. The molecule has 0 aliphatic heterocycles. The van der Waals surface area contributed by atoms with Crippen molar-refractivity contribution >= 4 is 5.91 Å². The van der Waals surface area contributed by atoms with Crippen LogP contribution in [0.5, 0.6) is 0 Å². The number of hydrogen-bond donors (Lipinski definition) is 2. The first kappa shape index (κ1) is 15.9. The predicted octanol–water partition coefficient (Wildman–Crippen LogP) is 2.04. The number of para-hydroxylation sites is 1. The number of aromatic nitrogens is 3. The van der Waals surface area contributed by atoms with Crippen molar-refractivity contribution in [2.45, 2.75) is 13.0 Å². The van der Waals surface area contributed by atoms with Crippen molar-refractivity contribution in [3.8, 4) is 16.9 Å². The molecule has 1 amide bonds. The summed E-state index contributed by atoms with van der Waals surface area (Å²) in [7, 11) is 0. The van der Waals surface area contributed by atoms with Crippen molar-refractivity contribution in [2.75, 3.05) is 6.54 Å². The topological polar surface area (TPSA) is 80.0 Å². The van der Waals surface area contributed by atoms with Crippen LogP contribution in [0.2, 0.25) is 0 Å². The highest BCUT2D eigenvalue weighted by molar-refractivity contribution is 5.99. The van der Waals surface area contributed by atoms with Crippen LogP contribution in [0.1, 0.15) is 17.3 Å². The van der Waals surface area contributed by atoms with Crippen LogP contribution < -0.4 is 5.32 Å². The molecule has 2 aromatic heterocycles. The highest BCUT2D eigenvalue weighted by Gasteiger charge is 2.18. The van der Waals surface area contributed by atoms with E-state index in [1.807, 2.05) is 36.4 Å². The molecule has 1 aromatic carbocycles. The Hall–Kier alpha value is -2.99. The number of aliphatic hydroxyl groups excluding tert-OH is 1. The SMILES string of the molecule is CC(O)CNC(=O)c1cn(-c2ccccc2)nc1-c1cccnc1. The van der Waals surface area contributed by atoms with E-state index in [0.29, 0.717) is 11.3 Å². The first-order valence-corrected chi connectivity index (χ1v) is 7.67. The Morgan fingerprint density at radius 2 is 2.04 bits per heavy atom. The van der Waals surface area contributed by atoms with Gasteiger partial charge in [-0.05, 0) is 31.2 Å². The number of carbonyl (C=O) groups is 1. The smallest absolute Gasteiger partial charge is 0.255 e. The van der Waals surface area contributed by atoms with Gasteiger partial charge in [-0.25, -0.2) is 4.68 Å². The van der Waals surface area contributed by atoms with E-state index in [1.54, 1.807) is 36.3 Å². The molecule has 2 heterocycles. The molecule has 3 rings (SSSR count). The fraction of sp³-hybridized carbons (Fsp3) is 0.167. The second kappa shape index (κ2) is 7.06. The lowest BCUT2D eigenvalue weighted by Crippen LogP contribution is -2.30. The maximum Gasteiger partial charge on any atom is 0.255 e. The Balaban J connectivity index is 2.02. The molecule has 6 nitrogen and oxygen atoms in total. The van der Waals surface area contributed by atoms with Crippen LogP contribution in [0, 0.1) is 0 Å². The summed E-state index contributed by atoms with van der Waals surface area (Å²) in [6.07, 6.45) is 4.42. The summed E-state index contributed by atoms with van der Waals surface area (Å²) >= 11 is 0. The van der Waals surface area contributed by atoms with E-state index in [0.717, 1.165) is 11.3 Å². The molecule has 1 unspecified atom stereocenters. The molecule has 0 saturated carbocycles. The van der Waals surface area contributed by atoms with E-state index in [-0.39, 0.29) is 12.5 Å². The minimum Gasteiger partial charge on any atom is -0.392 e. The summed E-state index contributed by atoms with van der Waals surface area (Å²) < 4.78 is 1.67. The third kappa shape index (κ3) is 3.49. The number of nitrogens with zero attached hydrogens (tertiary/aromatic N) is 3. The molecule has 0 aliphatic carbocycles. The van der Waals surface area contributed by atoms with E-state index < -0.39 is 6.10 Å². The van der Waals surface area contributed by atoms with Crippen LogP contribution in [0.4, 0.5) is 0 Å². The van der Waals surface area contributed by atoms with E-state index in [2.05, 4.69) is 15.4 Å². The second-order valence-electron chi connectivity index (χ2n) is 5.47. The summed E-state index contributed by atoms with van der Waals surface area (Å²) in [6.45, 7) is 1.80. The lowest BCUT2D eigenvalue weighted by molar-refractivity contribution is 0.0924. The molecule has 0 radical (unpaired) electrons. The molecule has 2 N–H and O–H groups in total. The molecule has 0 fully saturated rings. The summed E-state index contributed by atoms with van der Waals surface area (Å²) in [5, 5.41) is 16.6. The molecule has 0 spiro atoms. The lowest BCUT2D eigenvalue weighted by atomic mass is 10.1. The van der Waals surface area contributed by atoms with Crippen LogP contribution in [-0.4, -0.2) is 38.4 Å². The number of hydrogen-bond acceptors (Lipinski definition) is 4.